The van der Waals surface area contributed by atoms with Crippen molar-refractivity contribution in [3.63, 3.8) is 0 Å². The molecule has 0 radical (unpaired) electrons. The highest BCUT2D eigenvalue weighted by Gasteiger charge is 2.28. The third kappa shape index (κ3) is 1.90. The molecule has 0 atom stereocenters. The van der Waals surface area contributed by atoms with Crippen molar-refractivity contribution >= 4 is 11.8 Å². The number of hydrogen-bond acceptors (Lipinski definition) is 5. The van der Waals surface area contributed by atoms with Gasteiger partial charge in [-0.3, -0.25) is 0 Å². The topological polar surface area (TPSA) is 43.0 Å². The van der Waals surface area contributed by atoms with Crippen molar-refractivity contribution in [1.82, 2.24) is 10.5 Å². The SMILES string of the molecule is COc1ccc2c(c1)CN1CCc3cc4c(cc3C1=C2)ONO4. The van der Waals surface area contributed by atoms with Gasteiger partial charge in [0, 0.05) is 30.0 Å². The zero-order chi connectivity index (χ0) is 15.4. The minimum absolute atomic E-state index is 0.743. The van der Waals surface area contributed by atoms with Crippen LogP contribution in [0.1, 0.15) is 22.3 Å². The molecule has 2 aromatic carbocycles. The van der Waals surface area contributed by atoms with Crippen molar-refractivity contribution in [1.29, 1.82) is 0 Å². The molecule has 0 aromatic heterocycles. The lowest BCUT2D eigenvalue weighted by Crippen LogP contribution is -2.31. The van der Waals surface area contributed by atoms with Gasteiger partial charge < -0.3 is 19.3 Å². The van der Waals surface area contributed by atoms with Crippen LogP contribution in [0.5, 0.6) is 17.2 Å². The van der Waals surface area contributed by atoms with Gasteiger partial charge in [-0.1, -0.05) is 6.07 Å². The largest absolute Gasteiger partial charge is 0.497 e. The Kier molecular flexibility index (Phi) is 2.60. The average molecular weight is 308 g/mol. The summed E-state index contributed by atoms with van der Waals surface area (Å²) in [4.78, 5) is 13.0. The summed E-state index contributed by atoms with van der Waals surface area (Å²) in [5.41, 5.74) is 8.80. The summed E-state index contributed by atoms with van der Waals surface area (Å²) in [6.07, 6.45) is 3.26. The lowest BCUT2D eigenvalue weighted by Gasteiger charge is -2.36. The molecule has 116 valence electrons. The molecular formula is C18H16N2O3. The number of nitrogens with one attached hydrogen (secondary N) is 1. The lowest BCUT2D eigenvalue weighted by molar-refractivity contribution is 0.0259. The summed E-state index contributed by atoms with van der Waals surface area (Å²) < 4.78 is 5.35. The standard InChI is InChI=1S/C18H16N2O3/c1-21-14-3-2-11-7-16-15-9-18-17(22-19-23-18)8-12(15)4-5-20(16)10-13(11)6-14/h2-3,6-9,19H,4-5,10H2,1H3. The van der Waals surface area contributed by atoms with E-state index in [4.69, 9.17) is 14.4 Å². The number of nitrogens with zero attached hydrogens (tertiary/aromatic N) is 1. The van der Waals surface area contributed by atoms with Crippen LogP contribution in [0, 0.1) is 0 Å². The van der Waals surface area contributed by atoms with Crippen LogP contribution >= 0.6 is 0 Å². The maximum absolute atomic E-state index is 5.35. The normalized spacial score (nSPS) is 17.1. The Morgan fingerprint density at radius 3 is 2.83 bits per heavy atom. The van der Waals surface area contributed by atoms with Crippen LogP contribution in [-0.2, 0) is 13.0 Å². The van der Waals surface area contributed by atoms with Crippen LogP contribution in [0.25, 0.3) is 11.8 Å². The van der Waals surface area contributed by atoms with Gasteiger partial charge in [-0.05, 0) is 53.5 Å². The predicted octanol–water partition coefficient (Wildman–Crippen LogP) is 2.76. The van der Waals surface area contributed by atoms with Crippen LogP contribution in [0.15, 0.2) is 30.3 Å². The van der Waals surface area contributed by atoms with Crippen LogP contribution < -0.4 is 20.1 Å². The molecule has 0 bridgehead atoms. The second-order valence-corrected chi connectivity index (χ2v) is 6.01. The van der Waals surface area contributed by atoms with E-state index in [-0.39, 0.29) is 0 Å². The second kappa shape index (κ2) is 4.67. The Hall–Kier alpha value is -2.66. The van der Waals surface area contributed by atoms with Gasteiger partial charge in [-0.25, -0.2) is 0 Å². The minimum atomic E-state index is 0.743. The Balaban J connectivity index is 1.64. The quantitative estimate of drug-likeness (QED) is 0.877. The first-order valence-electron chi connectivity index (χ1n) is 7.71. The van der Waals surface area contributed by atoms with Crippen LogP contribution in [0.4, 0.5) is 0 Å². The van der Waals surface area contributed by atoms with Gasteiger partial charge in [0.15, 0.2) is 11.5 Å². The molecule has 0 fully saturated rings. The highest BCUT2D eigenvalue weighted by atomic mass is 16.9. The molecule has 0 amide bonds. The van der Waals surface area contributed by atoms with Crippen LogP contribution in [-0.4, -0.2) is 18.6 Å². The first kappa shape index (κ1) is 12.8. The van der Waals surface area contributed by atoms with E-state index in [9.17, 15) is 0 Å². The molecule has 3 aliphatic rings. The van der Waals surface area contributed by atoms with E-state index < -0.39 is 0 Å². The molecule has 5 heteroatoms. The fourth-order valence-electron chi connectivity index (χ4n) is 3.54. The molecular weight excluding hydrogens is 292 g/mol. The Bertz CT molecular complexity index is 844. The van der Waals surface area contributed by atoms with E-state index in [0.29, 0.717) is 0 Å². The van der Waals surface area contributed by atoms with Gasteiger partial charge in [0.05, 0.1) is 7.11 Å². The Morgan fingerprint density at radius 2 is 1.96 bits per heavy atom. The monoisotopic (exact) mass is 308 g/mol. The van der Waals surface area contributed by atoms with E-state index in [1.165, 1.54) is 28.0 Å². The average Bonchev–Trinajstić information content (AvgIpc) is 3.05. The minimum Gasteiger partial charge on any atom is -0.497 e. The Morgan fingerprint density at radius 1 is 1.09 bits per heavy atom. The molecule has 3 heterocycles. The van der Waals surface area contributed by atoms with Gasteiger partial charge in [-0.15, -0.1) is 0 Å². The van der Waals surface area contributed by atoms with Crippen molar-refractivity contribution in [2.75, 3.05) is 13.7 Å². The van der Waals surface area contributed by atoms with Gasteiger partial charge >= 0.3 is 0 Å². The van der Waals surface area contributed by atoms with Crippen LogP contribution in [0.3, 0.4) is 0 Å². The number of methoxy groups -OCH3 is 1. The van der Waals surface area contributed by atoms with E-state index in [1.54, 1.807) is 7.11 Å². The predicted molar refractivity (Wildman–Crippen MR) is 85.8 cm³/mol. The fraction of sp³-hybridized carbons (Fsp3) is 0.222. The molecule has 23 heavy (non-hydrogen) atoms. The summed E-state index contributed by atoms with van der Waals surface area (Å²) in [7, 11) is 1.71. The van der Waals surface area contributed by atoms with Gasteiger partial charge in [0.1, 0.15) is 5.75 Å². The molecule has 0 saturated heterocycles. The zero-order valence-electron chi connectivity index (χ0n) is 12.8. The van der Waals surface area contributed by atoms with Gasteiger partial charge in [-0.2, -0.15) is 0 Å². The Labute approximate surface area is 134 Å². The third-order valence-electron chi connectivity index (χ3n) is 4.74. The van der Waals surface area contributed by atoms with Crippen molar-refractivity contribution in [2.24, 2.45) is 0 Å². The number of ether oxygens (including phenoxy) is 1. The summed E-state index contributed by atoms with van der Waals surface area (Å²) in [6.45, 7) is 1.91. The number of benzene rings is 2. The molecule has 3 aliphatic heterocycles. The first-order chi connectivity index (χ1) is 11.3. The smallest absolute Gasteiger partial charge is 0.196 e. The van der Waals surface area contributed by atoms with E-state index in [2.05, 4.69) is 40.9 Å². The number of hydrogen-bond donors (Lipinski definition) is 1. The molecule has 5 rings (SSSR count). The molecule has 0 unspecified atom stereocenters. The maximum Gasteiger partial charge on any atom is 0.196 e. The van der Waals surface area contributed by atoms with E-state index in [0.717, 1.165) is 36.8 Å². The van der Waals surface area contributed by atoms with Crippen molar-refractivity contribution in [3.8, 4) is 17.2 Å². The third-order valence-corrected chi connectivity index (χ3v) is 4.74. The van der Waals surface area contributed by atoms with Crippen molar-refractivity contribution in [3.05, 3.63) is 52.6 Å². The van der Waals surface area contributed by atoms with E-state index in [1.807, 2.05) is 6.07 Å². The number of fused-ring (bicyclic) bond motifs is 5. The molecule has 0 saturated carbocycles. The molecule has 0 spiro atoms. The second-order valence-electron chi connectivity index (χ2n) is 6.01. The highest BCUT2D eigenvalue weighted by molar-refractivity contribution is 5.86. The molecule has 1 N–H and O–H groups in total. The highest BCUT2D eigenvalue weighted by Crippen LogP contribution is 2.42. The van der Waals surface area contributed by atoms with Crippen LogP contribution in [0.2, 0.25) is 0 Å². The van der Waals surface area contributed by atoms with E-state index >= 15 is 0 Å². The fourth-order valence-corrected chi connectivity index (χ4v) is 3.54. The van der Waals surface area contributed by atoms with Crippen molar-refractivity contribution in [2.45, 2.75) is 13.0 Å². The summed E-state index contributed by atoms with van der Waals surface area (Å²) >= 11 is 0. The molecule has 0 aliphatic carbocycles. The summed E-state index contributed by atoms with van der Waals surface area (Å²) in [6, 6.07) is 10.4. The summed E-state index contributed by atoms with van der Waals surface area (Å²) in [5, 5.41) is 0. The lowest BCUT2D eigenvalue weighted by atomic mass is 9.90. The molecule has 5 nitrogen and oxygen atoms in total. The molecule has 2 aromatic rings. The summed E-state index contributed by atoms with van der Waals surface area (Å²) in [5.74, 6) is 2.42. The number of rotatable bonds is 1. The zero-order valence-corrected chi connectivity index (χ0v) is 12.8. The maximum atomic E-state index is 5.35. The van der Waals surface area contributed by atoms with Crippen molar-refractivity contribution < 1.29 is 14.4 Å². The van der Waals surface area contributed by atoms with Gasteiger partial charge in [0.2, 0.25) is 0 Å². The van der Waals surface area contributed by atoms with Gasteiger partial charge in [0.25, 0.3) is 0 Å². The first-order valence-corrected chi connectivity index (χ1v) is 7.71.